The minimum atomic E-state index is -0.292. The molecule has 3 heterocycles. The molecule has 34 heavy (non-hydrogen) atoms. The first-order chi connectivity index (χ1) is 16.4. The summed E-state index contributed by atoms with van der Waals surface area (Å²) >= 11 is 0. The number of amides is 1. The van der Waals surface area contributed by atoms with E-state index < -0.39 is 0 Å². The first-order valence-electron chi connectivity index (χ1n) is 11.1. The number of aromatic nitrogens is 4. The van der Waals surface area contributed by atoms with Crippen LogP contribution in [0.1, 0.15) is 46.1 Å². The first kappa shape index (κ1) is 21.8. The van der Waals surface area contributed by atoms with Gasteiger partial charge < -0.3 is 10.1 Å². The number of ether oxygens (including phenoxy) is 1. The number of carbonyl (C=O) groups is 1. The van der Waals surface area contributed by atoms with Crippen molar-refractivity contribution in [1.29, 1.82) is 0 Å². The summed E-state index contributed by atoms with van der Waals surface area (Å²) in [6.07, 6.45) is 0.308. The number of halogens is 1. The van der Waals surface area contributed by atoms with Crippen LogP contribution in [0, 0.1) is 26.6 Å². The number of benzene rings is 2. The predicted molar refractivity (Wildman–Crippen MR) is 126 cm³/mol. The molecule has 172 valence electrons. The summed E-state index contributed by atoms with van der Waals surface area (Å²) in [5.41, 5.74) is 4.88. The van der Waals surface area contributed by atoms with Gasteiger partial charge in [0.25, 0.3) is 5.95 Å². The maximum Gasteiger partial charge on any atom is 0.252 e. The summed E-state index contributed by atoms with van der Waals surface area (Å²) in [6, 6.07) is 16.0. The average molecular weight is 458 g/mol. The molecule has 0 saturated heterocycles. The van der Waals surface area contributed by atoms with Crippen molar-refractivity contribution in [3.05, 3.63) is 94.2 Å². The molecule has 0 unspecified atom stereocenters. The van der Waals surface area contributed by atoms with Crippen molar-refractivity contribution in [1.82, 2.24) is 19.7 Å². The first-order valence-corrected chi connectivity index (χ1v) is 11.1. The smallest absolute Gasteiger partial charge is 0.252 e. The van der Waals surface area contributed by atoms with E-state index in [1.807, 2.05) is 51.1 Å². The number of anilines is 1. The Labute approximate surface area is 196 Å². The van der Waals surface area contributed by atoms with E-state index in [9.17, 15) is 9.18 Å². The Bertz CT molecular complexity index is 1360. The van der Waals surface area contributed by atoms with Crippen LogP contribution in [0.3, 0.4) is 0 Å². The lowest BCUT2D eigenvalue weighted by molar-refractivity contribution is -0.116. The van der Waals surface area contributed by atoms with Crippen molar-refractivity contribution < 1.29 is 13.9 Å². The Balaban J connectivity index is 1.44. The highest BCUT2D eigenvalue weighted by Gasteiger charge is 2.33. The molecule has 0 fully saturated rings. The fourth-order valence-corrected chi connectivity index (χ4v) is 4.35. The lowest BCUT2D eigenvalue weighted by atomic mass is 9.86. The molecule has 7 nitrogen and oxygen atoms in total. The molecular formula is C26H24FN5O2. The van der Waals surface area contributed by atoms with Gasteiger partial charge >= 0.3 is 0 Å². The molecule has 0 bridgehead atoms. The fourth-order valence-electron chi connectivity index (χ4n) is 4.35. The standard InChI is InChI=1S/C26H24FN5O2/c1-15-12-16(2)29-26(28-15)32-25-24(17(3)31-32)21(13-23(33)30-25)18-8-10-20(11-9-18)34-14-19-6-4-5-7-22(19)27/h4-12,21H,13-14H2,1-3H3,(H,30,33)/t21-/m0/s1. The zero-order valence-corrected chi connectivity index (χ0v) is 19.2. The molecule has 1 atom stereocenters. The van der Waals surface area contributed by atoms with Crippen LogP contribution in [0.25, 0.3) is 5.95 Å². The van der Waals surface area contributed by atoms with Crippen molar-refractivity contribution in [3.8, 4) is 11.7 Å². The van der Waals surface area contributed by atoms with E-state index in [2.05, 4.69) is 20.4 Å². The normalized spacial score (nSPS) is 15.1. The zero-order chi connectivity index (χ0) is 23.8. The molecule has 0 spiro atoms. The van der Waals surface area contributed by atoms with Crippen LogP contribution in [0.2, 0.25) is 0 Å². The largest absolute Gasteiger partial charge is 0.489 e. The number of hydrogen-bond donors (Lipinski definition) is 1. The van der Waals surface area contributed by atoms with Gasteiger partial charge in [-0.2, -0.15) is 9.78 Å². The van der Waals surface area contributed by atoms with Gasteiger partial charge in [-0.1, -0.05) is 30.3 Å². The molecule has 0 aliphatic carbocycles. The Hall–Kier alpha value is -4.07. The Kier molecular flexibility index (Phi) is 5.57. The molecule has 5 rings (SSSR count). The summed E-state index contributed by atoms with van der Waals surface area (Å²) in [5, 5.41) is 7.62. The molecule has 1 aliphatic heterocycles. The second-order valence-corrected chi connectivity index (χ2v) is 8.46. The van der Waals surface area contributed by atoms with Crippen LogP contribution in [0.15, 0.2) is 54.6 Å². The maximum absolute atomic E-state index is 13.8. The van der Waals surface area contributed by atoms with Gasteiger partial charge in [-0.25, -0.2) is 14.4 Å². The van der Waals surface area contributed by atoms with E-state index >= 15 is 0 Å². The third-order valence-electron chi connectivity index (χ3n) is 5.90. The van der Waals surface area contributed by atoms with E-state index in [1.54, 1.807) is 22.9 Å². The summed E-state index contributed by atoms with van der Waals surface area (Å²) in [4.78, 5) is 21.7. The molecule has 2 aromatic carbocycles. The molecule has 2 aromatic heterocycles. The Morgan fingerprint density at radius 1 is 1.06 bits per heavy atom. The highest BCUT2D eigenvalue weighted by Crippen LogP contribution is 2.40. The molecule has 0 saturated carbocycles. The van der Waals surface area contributed by atoms with E-state index in [-0.39, 0.29) is 24.2 Å². The van der Waals surface area contributed by atoms with Crippen LogP contribution in [-0.2, 0) is 11.4 Å². The number of fused-ring (bicyclic) bond motifs is 1. The molecule has 4 aromatic rings. The molecule has 0 radical (unpaired) electrons. The van der Waals surface area contributed by atoms with Crippen LogP contribution >= 0.6 is 0 Å². The van der Waals surface area contributed by atoms with Crippen molar-refractivity contribution in [2.45, 2.75) is 39.7 Å². The van der Waals surface area contributed by atoms with Gasteiger partial charge in [0.1, 0.15) is 24.0 Å². The third kappa shape index (κ3) is 4.14. The van der Waals surface area contributed by atoms with Gasteiger partial charge in [0.15, 0.2) is 0 Å². The Morgan fingerprint density at radius 3 is 2.47 bits per heavy atom. The monoisotopic (exact) mass is 457 g/mol. The van der Waals surface area contributed by atoms with Gasteiger partial charge in [-0.3, -0.25) is 4.79 Å². The summed E-state index contributed by atoms with van der Waals surface area (Å²) < 4.78 is 21.2. The third-order valence-corrected chi connectivity index (χ3v) is 5.90. The maximum atomic E-state index is 13.8. The highest BCUT2D eigenvalue weighted by molar-refractivity contribution is 5.95. The van der Waals surface area contributed by atoms with E-state index in [0.29, 0.717) is 29.5 Å². The van der Waals surface area contributed by atoms with Gasteiger partial charge in [0, 0.05) is 34.9 Å². The van der Waals surface area contributed by atoms with Crippen LogP contribution < -0.4 is 10.1 Å². The van der Waals surface area contributed by atoms with E-state index in [1.165, 1.54) is 6.07 Å². The number of nitrogens with zero attached hydrogens (tertiary/aromatic N) is 4. The predicted octanol–water partition coefficient (Wildman–Crippen LogP) is 4.78. The van der Waals surface area contributed by atoms with Crippen LogP contribution in [0.4, 0.5) is 10.2 Å². The van der Waals surface area contributed by atoms with Gasteiger partial charge in [0.05, 0.1) is 5.69 Å². The number of rotatable bonds is 5. The lowest BCUT2D eigenvalue weighted by Crippen LogP contribution is -2.25. The fraction of sp³-hybridized carbons (Fsp3) is 0.231. The highest BCUT2D eigenvalue weighted by atomic mass is 19.1. The quantitative estimate of drug-likeness (QED) is 0.466. The topological polar surface area (TPSA) is 81.9 Å². The van der Waals surface area contributed by atoms with Crippen LogP contribution in [0.5, 0.6) is 5.75 Å². The van der Waals surface area contributed by atoms with Crippen molar-refractivity contribution in [2.75, 3.05) is 5.32 Å². The summed E-state index contributed by atoms with van der Waals surface area (Å²) in [5.74, 6) is 1.11. The van der Waals surface area contributed by atoms with Crippen molar-refractivity contribution in [3.63, 3.8) is 0 Å². The van der Waals surface area contributed by atoms with E-state index in [4.69, 9.17) is 4.74 Å². The minimum Gasteiger partial charge on any atom is -0.489 e. The van der Waals surface area contributed by atoms with Crippen LogP contribution in [-0.4, -0.2) is 25.7 Å². The van der Waals surface area contributed by atoms with Crippen molar-refractivity contribution in [2.24, 2.45) is 0 Å². The molecule has 1 N–H and O–H groups in total. The molecule has 1 amide bonds. The average Bonchev–Trinajstić information content (AvgIpc) is 3.14. The molecular weight excluding hydrogens is 433 g/mol. The Morgan fingerprint density at radius 2 is 1.76 bits per heavy atom. The number of nitrogens with one attached hydrogen (secondary N) is 1. The molecule has 8 heteroatoms. The molecule has 1 aliphatic rings. The number of hydrogen-bond acceptors (Lipinski definition) is 5. The van der Waals surface area contributed by atoms with Crippen molar-refractivity contribution >= 4 is 11.7 Å². The van der Waals surface area contributed by atoms with E-state index in [0.717, 1.165) is 28.2 Å². The second-order valence-electron chi connectivity index (χ2n) is 8.46. The summed E-state index contributed by atoms with van der Waals surface area (Å²) in [6.45, 7) is 5.87. The minimum absolute atomic E-state index is 0.0945. The van der Waals surface area contributed by atoms with Gasteiger partial charge in [0.2, 0.25) is 5.91 Å². The van der Waals surface area contributed by atoms with Gasteiger partial charge in [-0.15, -0.1) is 0 Å². The summed E-state index contributed by atoms with van der Waals surface area (Å²) in [7, 11) is 0. The SMILES string of the molecule is Cc1cc(C)nc(-n2nc(C)c3c2NC(=O)C[C@H]3c2ccc(OCc3ccccc3F)cc2)n1. The van der Waals surface area contributed by atoms with Gasteiger partial charge in [-0.05, 0) is 50.6 Å². The number of aryl methyl sites for hydroxylation is 3. The number of carbonyl (C=O) groups excluding carboxylic acids is 1. The lowest BCUT2D eigenvalue weighted by Gasteiger charge is -2.24. The second kappa shape index (κ2) is 8.70. The zero-order valence-electron chi connectivity index (χ0n) is 19.2.